The first kappa shape index (κ1) is 24.5. The fraction of sp³-hybridized carbons (Fsp3) is 1.00. The van der Waals surface area contributed by atoms with E-state index >= 15 is 0 Å². The van der Waals surface area contributed by atoms with Gasteiger partial charge < -0.3 is 12.3 Å². The van der Waals surface area contributed by atoms with Crippen LogP contribution >= 0.6 is 23.2 Å². The summed E-state index contributed by atoms with van der Waals surface area (Å²) >= 11 is 11.8. The van der Waals surface area contributed by atoms with Gasteiger partial charge in [0.25, 0.3) is 0 Å². The van der Waals surface area contributed by atoms with E-state index in [1.54, 1.807) is 0 Å². The van der Waals surface area contributed by atoms with Crippen molar-refractivity contribution >= 4 is 23.2 Å². The van der Waals surface area contributed by atoms with E-state index < -0.39 is 0 Å². The van der Waals surface area contributed by atoms with E-state index in [2.05, 4.69) is 6.92 Å². The lowest BCUT2D eigenvalue weighted by Crippen LogP contribution is -1.98. The molecule has 1 unspecified atom stereocenters. The predicted molar refractivity (Wildman–Crippen MR) is 91.5 cm³/mol. The van der Waals surface area contributed by atoms with E-state index in [0.717, 1.165) is 12.8 Å². The first-order valence-electron chi connectivity index (χ1n) is 7.51. The maximum absolute atomic E-state index is 6.11. The van der Waals surface area contributed by atoms with Gasteiger partial charge in [0.1, 0.15) is 0 Å². The molecule has 0 aromatic carbocycles. The van der Waals surface area contributed by atoms with Crippen molar-refractivity contribution in [1.29, 1.82) is 0 Å². The fourth-order valence-electron chi connectivity index (χ4n) is 2.12. The molecule has 120 valence electrons. The summed E-state index contributed by atoms with van der Waals surface area (Å²) in [7, 11) is 0. The van der Waals surface area contributed by atoms with Gasteiger partial charge in [-0.15, -0.1) is 23.2 Å². The summed E-state index contributed by atoms with van der Waals surface area (Å²) in [6, 6.07) is 0. The van der Waals surface area contributed by atoms with E-state index in [4.69, 9.17) is 23.2 Å². The Hall–Kier alpha value is 0.500. The highest BCUT2D eigenvalue weighted by molar-refractivity contribution is 6.22. The predicted octanol–water partition coefficient (Wildman–Crippen LogP) is 6.86. The average Bonchev–Trinajstić information content (AvgIpc) is 2.32. The maximum atomic E-state index is 6.11. The SMILES string of the molecule is CCCCCCCCCCCCC(Cl)CCCl.N.N. The number of hydrogen-bond donors (Lipinski definition) is 2. The highest BCUT2D eigenvalue weighted by atomic mass is 35.5. The van der Waals surface area contributed by atoms with Crippen molar-refractivity contribution < 1.29 is 0 Å². The first-order chi connectivity index (χ1) is 8.31. The van der Waals surface area contributed by atoms with Crippen LogP contribution in [0.3, 0.4) is 0 Å². The van der Waals surface area contributed by atoms with Crippen LogP contribution in [0.4, 0.5) is 0 Å². The Morgan fingerprint density at radius 3 is 1.53 bits per heavy atom. The Labute approximate surface area is 131 Å². The van der Waals surface area contributed by atoms with Crippen LogP contribution in [0.25, 0.3) is 0 Å². The smallest absolute Gasteiger partial charge is 0.0347 e. The van der Waals surface area contributed by atoms with Crippen LogP contribution in [0.1, 0.15) is 84.0 Å². The van der Waals surface area contributed by atoms with Crippen molar-refractivity contribution in [2.75, 3.05) is 5.88 Å². The molecule has 1 atom stereocenters. The Balaban J connectivity index is -0.00000128. The highest BCUT2D eigenvalue weighted by Gasteiger charge is 2.02. The van der Waals surface area contributed by atoms with Gasteiger partial charge in [0.15, 0.2) is 0 Å². The molecule has 0 spiro atoms. The molecule has 0 saturated heterocycles. The third-order valence-corrected chi connectivity index (χ3v) is 3.95. The van der Waals surface area contributed by atoms with Crippen LogP contribution in [0.2, 0.25) is 0 Å². The minimum Gasteiger partial charge on any atom is -0.344 e. The largest absolute Gasteiger partial charge is 0.344 e. The summed E-state index contributed by atoms with van der Waals surface area (Å²) in [6.45, 7) is 2.27. The molecule has 0 aromatic heterocycles. The zero-order valence-electron chi connectivity index (χ0n) is 12.9. The summed E-state index contributed by atoms with van der Waals surface area (Å²) in [5.74, 6) is 0.700. The Morgan fingerprint density at radius 1 is 0.684 bits per heavy atom. The Bertz CT molecular complexity index is 146. The summed E-state index contributed by atoms with van der Waals surface area (Å²) in [5.41, 5.74) is 0. The van der Waals surface area contributed by atoms with Crippen molar-refractivity contribution in [1.82, 2.24) is 12.3 Å². The van der Waals surface area contributed by atoms with Gasteiger partial charge in [-0.05, 0) is 12.8 Å². The minimum atomic E-state index is 0. The molecule has 0 aliphatic rings. The van der Waals surface area contributed by atoms with Gasteiger partial charge >= 0.3 is 0 Å². The van der Waals surface area contributed by atoms with Crippen LogP contribution in [0.5, 0.6) is 0 Å². The number of halogens is 2. The molecular weight excluding hydrogens is 279 g/mol. The second kappa shape index (κ2) is 20.8. The van der Waals surface area contributed by atoms with E-state index in [0.29, 0.717) is 11.3 Å². The standard InChI is InChI=1S/C15H30Cl2.2H3N/c1-2-3-4-5-6-7-8-9-10-11-12-15(17)13-14-16;;/h15H,2-14H2,1H3;2*1H3. The Morgan fingerprint density at radius 2 is 1.11 bits per heavy atom. The molecule has 6 N–H and O–H groups in total. The molecule has 0 aliphatic carbocycles. The molecule has 2 nitrogen and oxygen atoms in total. The van der Waals surface area contributed by atoms with E-state index in [1.807, 2.05) is 0 Å². The van der Waals surface area contributed by atoms with Gasteiger partial charge in [-0.1, -0.05) is 71.1 Å². The van der Waals surface area contributed by atoms with Gasteiger partial charge in [-0.3, -0.25) is 0 Å². The topological polar surface area (TPSA) is 70.0 Å². The van der Waals surface area contributed by atoms with Crippen molar-refractivity contribution in [3.05, 3.63) is 0 Å². The third-order valence-electron chi connectivity index (χ3n) is 3.29. The van der Waals surface area contributed by atoms with E-state index in [9.17, 15) is 0 Å². The molecule has 0 aliphatic heterocycles. The van der Waals surface area contributed by atoms with Gasteiger partial charge in [0.05, 0.1) is 0 Å². The Kier molecular flexibility index (Phi) is 26.8. The van der Waals surface area contributed by atoms with Crippen LogP contribution in [-0.2, 0) is 0 Å². The molecule has 0 amide bonds. The van der Waals surface area contributed by atoms with Crippen LogP contribution in [0, 0.1) is 0 Å². The number of hydrogen-bond acceptors (Lipinski definition) is 2. The number of rotatable bonds is 13. The minimum absolute atomic E-state index is 0. The summed E-state index contributed by atoms with van der Waals surface area (Å²) in [5, 5.41) is 0.307. The lowest BCUT2D eigenvalue weighted by molar-refractivity contribution is 0.544. The highest BCUT2D eigenvalue weighted by Crippen LogP contribution is 2.15. The quantitative estimate of drug-likeness (QED) is 0.288. The summed E-state index contributed by atoms with van der Waals surface area (Å²) in [4.78, 5) is 0. The summed E-state index contributed by atoms with van der Waals surface area (Å²) < 4.78 is 0. The van der Waals surface area contributed by atoms with Gasteiger partial charge in [0, 0.05) is 11.3 Å². The lowest BCUT2D eigenvalue weighted by atomic mass is 10.0. The normalized spacial score (nSPS) is 11.5. The van der Waals surface area contributed by atoms with Crippen LogP contribution in [0.15, 0.2) is 0 Å². The molecule has 0 radical (unpaired) electrons. The maximum Gasteiger partial charge on any atom is 0.0347 e. The van der Waals surface area contributed by atoms with Crippen molar-refractivity contribution in [3.8, 4) is 0 Å². The zero-order chi connectivity index (χ0) is 12.8. The van der Waals surface area contributed by atoms with Crippen molar-refractivity contribution in [3.63, 3.8) is 0 Å². The first-order valence-corrected chi connectivity index (χ1v) is 8.48. The molecule has 4 heteroatoms. The molecule has 0 rings (SSSR count). The molecule has 19 heavy (non-hydrogen) atoms. The second-order valence-corrected chi connectivity index (χ2v) is 6.04. The second-order valence-electron chi connectivity index (χ2n) is 5.05. The van der Waals surface area contributed by atoms with E-state index in [-0.39, 0.29) is 12.3 Å². The average molecular weight is 315 g/mol. The monoisotopic (exact) mass is 314 g/mol. The van der Waals surface area contributed by atoms with Gasteiger partial charge in [-0.2, -0.15) is 0 Å². The summed E-state index contributed by atoms with van der Waals surface area (Å²) in [6.07, 6.45) is 16.0. The zero-order valence-corrected chi connectivity index (χ0v) is 14.5. The molecule has 0 aromatic rings. The van der Waals surface area contributed by atoms with Crippen LogP contribution < -0.4 is 12.3 Å². The van der Waals surface area contributed by atoms with Gasteiger partial charge in [0.2, 0.25) is 0 Å². The number of alkyl halides is 2. The van der Waals surface area contributed by atoms with Crippen LogP contribution in [-0.4, -0.2) is 11.3 Å². The third kappa shape index (κ3) is 21.0. The van der Waals surface area contributed by atoms with Crippen molar-refractivity contribution in [2.24, 2.45) is 0 Å². The molecular formula is C15H36Cl2N2. The molecule has 0 saturated carbocycles. The number of unbranched alkanes of at least 4 members (excludes halogenated alkanes) is 9. The van der Waals surface area contributed by atoms with Gasteiger partial charge in [-0.25, -0.2) is 0 Å². The molecule has 0 heterocycles. The van der Waals surface area contributed by atoms with E-state index in [1.165, 1.54) is 64.2 Å². The molecule has 0 fully saturated rings. The molecule has 0 bridgehead atoms. The van der Waals surface area contributed by atoms with Crippen molar-refractivity contribution in [2.45, 2.75) is 89.4 Å². The fourth-order valence-corrected chi connectivity index (χ4v) is 2.75. The lowest BCUT2D eigenvalue weighted by Gasteiger charge is -2.06.